The van der Waals surface area contributed by atoms with E-state index in [0.717, 1.165) is 33.7 Å². The molecule has 1 saturated carbocycles. The van der Waals surface area contributed by atoms with Gasteiger partial charge in [-0.3, -0.25) is 4.79 Å². The van der Waals surface area contributed by atoms with E-state index in [1.807, 2.05) is 18.2 Å². The van der Waals surface area contributed by atoms with Crippen LogP contribution in [0.2, 0.25) is 0 Å². The van der Waals surface area contributed by atoms with Gasteiger partial charge in [0.15, 0.2) is 5.78 Å². The van der Waals surface area contributed by atoms with Crippen molar-refractivity contribution < 1.29 is 9.53 Å². The standard InChI is InChI=1S/C26H28O2S/c1-17-18(2)29-24(15-19-9-5-4-6-10-19)25(17)26(27)21-13-14-23(28-3)22(16-21)20-11-7-8-12-20/h4-6,9-10,13-14,16,20H,7-8,11-12,15H2,1-3H3. The van der Waals surface area contributed by atoms with Crippen molar-refractivity contribution in [3.05, 3.63) is 86.1 Å². The van der Waals surface area contributed by atoms with E-state index in [9.17, 15) is 4.79 Å². The summed E-state index contributed by atoms with van der Waals surface area (Å²) in [5, 5.41) is 0. The molecular formula is C26H28O2S. The summed E-state index contributed by atoms with van der Waals surface area (Å²) in [4.78, 5) is 16.0. The van der Waals surface area contributed by atoms with Crippen molar-refractivity contribution in [2.75, 3.05) is 7.11 Å². The Kier molecular flexibility index (Phi) is 5.86. The first-order valence-corrected chi connectivity index (χ1v) is 11.3. The van der Waals surface area contributed by atoms with Crippen molar-refractivity contribution in [2.45, 2.75) is 51.9 Å². The van der Waals surface area contributed by atoms with Crippen molar-refractivity contribution in [3.63, 3.8) is 0 Å². The predicted molar refractivity (Wildman–Crippen MR) is 121 cm³/mol. The number of carbonyl (C=O) groups is 1. The SMILES string of the molecule is COc1ccc(C(=O)c2c(Cc3ccccc3)sc(C)c2C)cc1C1CCCC1. The number of rotatable bonds is 6. The number of aryl methyl sites for hydroxylation is 1. The van der Waals surface area contributed by atoms with Crippen LogP contribution in [0.3, 0.4) is 0 Å². The molecule has 0 radical (unpaired) electrons. The Bertz CT molecular complexity index is 1010. The second-order valence-corrected chi connectivity index (χ2v) is 9.32. The minimum atomic E-state index is 0.139. The van der Waals surface area contributed by atoms with Gasteiger partial charge in [0.05, 0.1) is 7.11 Å². The van der Waals surface area contributed by atoms with Gasteiger partial charge in [0.25, 0.3) is 0 Å². The molecule has 2 aromatic carbocycles. The van der Waals surface area contributed by atoms with Crippen LogP contribution < -0.4 is 4.74 Å². The molecule has 2 nitrogen and oxygen atoms in total. The van der Waals surface area contributed by atoms with E-state index in [1.165, 1.54) is 41.7 Å². The van der Waals surface area contributed by atoms with Crippen LogP contribution in [-0.4, -0.2) is 12.9 Å². The maximum Gasteiger partial charge on any atom is 0.194 e. The van der Waals surface area contributed by atoms with Gasteiger partial charge >= 0.3 is 0 Å². The fraction of sp³-hybridized carbons (Fsp3) is 0.346. The molecule has 3 heteroatoms. The van der Waals surface area contributed by atoms with Gasteiger partial charge in [-0.05, 0) is 67.5 Å². The third-order valence-electron chi connectivity index (χ3n) is 6.18. The summed E-state index contributed by atoms with van der Waals surface area (Å²) < 4.78 is 5.62. The largest absolute Gasteiger partial charge is 0.496 e. The van der Waals surface area contributed by atoms with Gasteiger partial charge in [0.2, 0.25) is 0 Å². The zero-order chi connectivity index (χ0) is 20.4. The van der Waals surface area contributed by atoms with E-state index in [-0.39, 0.29) is 5.78 Å². The number of ketones is 1. The van der Waals surface area contributed by atoms with Gasteiger partial charge in [-0.15, -0.1) is 11.3 Å². The van der Waals surface area contributed by atoms with Crippen molar-refractivity contribution >= 4 is 17.1 Å². The molecule has 1 aromatic heterocycles. The van der Waals surface area contributed by atoms with Crippen LogP contribution in [0.25, 0.3) is 0 Å². The smallest absolute Gasteiger partial charge is 0.194 e. The molecule has 0 unspecified atom stereocenters. The molecular weight excluding hydrogens is 376 g/mol. The monoisotopic (exact) mass is 404 g/mol. The Labute approximate surface area is 177 Å². The van der Waals surface area contributed by atoms with Crippen LogP contribution in [0.15, 0.2) is 48.5 Å². The molecule has 1 aliphatic rings. The van der Waals surface area contributed by atoms with Crippen molar-refractivity contribution in [3.8, 4) is 5.75 Å². The maximum absolute atomic E-state index is 13.6. The molecule has 0 aliphatic heterocycles. The fourth-order valence-corrected chi connectivity index (χ4v) is 5.69. The number of thiophene rings is 1. The van der Waals surface area contributed by atoms with Crippen LogP contribution in [-0.2, 0) is 6.42 Å². The number of hydrogen-bond donors (Lipinski definition) is 0. The lowest BCUT2D eigenvalue weighted by Crippen LogP contribution is -2.07. The van der Waals surface area contributed by atoms with Crippen LogP contribution in [0.1, 0.15) is 74.0 Å². The normalized spacial score (nSPS) is 14.3. The van der Waals surface area contributed by atoms with E-state index in [4.69, 9.17) is 4.74 Å². The van der Waals surface area contributed by atoms with Gasteiger partial charge in [0.1, 0.15) is 5.75 Å². The molecule has 1 fully saturated rings. The summed E-state index contributed by atoms with van der Waals surface area (Å²) in [7, 11) is 1.72. The van der Waals surface area contributed by atoms with E-state index in [0.29, 0.717) is 5.92 Å². The summed E-state index contributed by atoms with van der Waals surface area (Å²) >= 11 is 1.75. The van der Waals surface area contributed by atoms with Crippen LogP contribution in [0.5, 0.6) is 5.75 Å². The summed E-state index contributed by atoms with van der Waals surface area (Å²) in [6.07, 6.45) is 5.69. The van der Waals surface area contributed by atoms with E-state index in [2.05, 4.69) is 44.2 Å². The molecule has 29 heavy (non-hydrogen) atoms. The van der Waals surface area contributed by atoms with Crippen LogP contribution in [0.4, 0.5) is 0 Å². The number of benzene rings is 2. The molecule has 0 bridgehead atoms. The fourth-order valence-electron chi connectivity index (χ4n) is 4.48. The number of carbonyl (C=O) groups excluding carboxylic acids is 1. The maximum atomic E-state index is 13.6. The van der Waals surface area contributed by atoms with E-state index < -0.39 is 0 Å². The molecule has 1 heterocycles. The van der Waals surface area contributed by atoms with E-state index >= 15 is 0 Å². The van der Waals surface area contributed by atoms with Crippen molar-refractivity contribution in [2.24, 2.45) is 0 Å². The molecule has 0 spiro atoms. The topological polar surface area (TPSA) is 26.3 Å². The molecule has 150 valence electrons. The Morgan fingerprint density at radius 3 is 2.48 bits per heavy atom. The van der Waals surface area contributed by atoms with Crippen LogP contribution in [0, 0.1) is 13.8 Å². The first kappa shape index (κ1) is 19.9. The highest BCUT2D eigenvalue weighted by molar-refractivity contribution is 7.12. The molecule has 3 aromatic rings. The highest BCUT2D eigenvalue weighted by Crippen LogP contribution is 2.40. The quantitative estimate of drug-likeness (QED) is 0.420. The summed E-state index contributed by atoms with van der Waals surface area (Å²) in [5.74, 6) is 1.56. The first-order chi connectivity index (χ1) is 14.1. The van der Waals surface area contributed by atoms with E-state index in [1.54, 1.807) is 18.4 Å². The minimum Gasteiger partial charge on any atom is -0.496 e. The Balaban J connectivity index is 1.72. The molecule has 0 N–H and O–H groups in total. The van der Waals surface area contributed by atoms with Gasteiger partial charge in [-0.2, -0.15) is 0 Å². The average Bonchev–Trinajstić information content (AvgIpc) is 3.37. The zero-order valence-electron chi connectivity index (χ0n) is 17.5. The third kappa shape index (κ3) is 4.02. The Morgan fingerprint density at radius 1 is 1.07 bits per heavy atom. The van der Waals surface area contributed by atoms with Gasteiger partial charge in [-0.1, -0.05) is 43.2 Å². The number of hydrogen-bond acceptors (Lipinski definition) is 3. The van der Waals surface area contributed by atoms with Gasteiger partial charge in [0, 0.05) is 27.3 Å². The van der Waals surface area contributed by atoms with Crippen molar-refractivity contribution in [1.29, 1.82) is 0 Å². The lowest BCUT2D eigenvalue weighted by molar-refractivity contribution is 0.103. The second-order valence-electron chi connectivity index (χ2n) is 8.01. The number of methoxy groups -OCH3 is 1. The summed E-state index contributed by atoms with van der Waals surface area (Å²) in [6, 6.07) is 16.4. The second kappa shape index (κ2) is 8.54. The highest BCUT2D eigenvalue weighted by Gasteiger charge is 2.25. The molecule has 1 aliphatic carbocycles. The van der Waals surface area contributed by atoms with Gasteiger partial charge < -0.3 is 4.74 Å². The lowest BCUT2D eigenvalue weighted by Gasteiger charge is -2.16. The first-order valence-electron chi connectivity index (χ1n) is 10.4. The Hall–Kier alpha value is -2.39. The summed E-state index contributed by atoms with van der Waals surface area (Å²) in [5.41, 5.74) is 5.22. The Morgan fingerprint density at radius 2 is 1.79 bits per heavy atom. The minimum absolute atomic E-state index is 0.139. The summed E-state index contributed by atoms with van der Waals surface area (Å²) in [6.45, 7) is 4.19. The third-order valence-corrected chi connectivity index (χ3v) is 7.39. The van der Waals surface area contributed by atoms with Crippen molar-refractivity contribution in [1.82, 2.24) is 0 Å². The predicted octanol–water partition coefficient (Wildman–Crippen LogP) is 6.85. The molecule has 0 saturated heterocycles. The zero-order valence-corrected chi connectivity index (χ0v) is 18.3. The molecule has 0 atom stereocenters. The number of ether oxygens (including phenoxy) is 1. The molecule has 4 rings (SSSR count). The lowest BCUT2D eigenvalue weighted by atomic mass is 9.91. The van der Waals surface area contributed by atoms with Gasteiger partial charge in [-0.25, -0.2) is 0 Å². The highest BCUT2D eigenvalue weighted by atomic mass is 32.1. The van der Waals surface area contributed by atoms with Crippen LogP contribution >= 0.6 is 11.3 Å². The molecule has 0 amide bonds. The average molecular weight is 405 g/mol.